The molecule has 23 heavy (non-hydrogen) atoms. The normalized spacial score (nSPS) is 18.5. The molecule has 0 saturated heterocycles. The fraction of sp³-hybridized carbons (Fsp3) is 0.182. The van der Waals surface area contributed by atoms with Crippen molar-refractivity contribution < 1.29 is 0 Å². The molecule has 2 aliphatic carbocycles. The number of allylic oxidation sites excluding steroid dienone is 5. The summed E-state index contributed by atoms with van der Waals surface area (Å²) in [6.45, 7) is 4.16. The summed E-state index contributed by atoms with van der Waals surface area (Å²) in [7, 11) is 0. The third-order valence-electron chi connectivity index (χ3n) is 5.49. The van der Waals surface area contributed by atoms with Gasteiger partial charge in [0, 0.05) is 0 Å². The van der Waals surface area contributed by atoms with E-state index in [-0.39, 0.29) is 0 Å². The third kappa shape index (κ3) is 2.12. The van der Waals surface area contributed by atoms with Crippen LogP contribution < -0.4 is 4.40 Å². The number of hydrogen-bond acceptors (Lipinski definition) is 0. The maximum atomic E-state index is 4.16. The Morgan fingerprint density at radius 1 is 1.04 bits per heavy atom. The van der Waals surface area contributed by atoms with Crippen LogP contribution in [-0.4, -0.2) is 13.3 Å². The molecule has 2 aromatic rings. The molecule has 0 saturated carbocycles. The van der Waals surface area contributed by atoms with E-state index in [1.807, 2.05) is 0 Å². The van der Waals surface area contributed by atoms with Crippen LogP contribution in [0, 0.1) is 0 Å². The van der Waals surface area contributed by atoms with Gasteiger partial charge in [-0.15, -0.1) is 0 Å². The van der Waals surface area contributed by atoms with Crippen LogP contribution in [0.25, 0.3) is 11.1 Å². The van der Waals surface area contributed by atoms with Crippen molar-refractivity contribution in [3.8, 4) is 11.1 Å². The van der Waals surface area contributed by atoms with Gasteiger partial charge in [-0.3, -0.25) is 0 Å². The summed E-state index contributed by atoms with van der Waals surface area (Å²) in [5, 5.41) is 0. The first kappa shape index (κ1) is 14.8. The van der Waals surface area contributed by atoms with Crippen LogP contribution >= 0.6 is 0 Å². The van der Waals surface area contributed by atoms with E-state index >= 15 is 0 Å². The molecule has 1 atom stereocenters. The average molecular weight is 359 g/mol. The van der Waals surface area contributed by atoms with E-state index in [0.29, 0.717) is 5.92 Å². The molecule has 0 fully saturated rings. The van der Waals surface area contributed by atoms with Gasteiger partial charge in [-0.25, -0.2) is 0 Å². The van der Waals surface area contributed by atoms with Crippen LogP contribution in [0.5, 0.6) is 0 Å². The van der Waals surface area contributed by atoms with Gasteiger partial charge in [-0.1, -0.05) is 0 Å². The molecule has 0 spiro atoms. The number of rotatable bonds is 3. The topological polar surface area (TPSA) is 0 Å². The van der Waals surface area contributed by atoms with E-state index in [1.54, 1.807) is 8.80 Å². The standard InChI is InChI=1S/C22H22Ge/c1-4-17-18-12-7-8-13-19(18)20-14-9-15-21(22(17)20)23(2,3)16-10-5-6-11-16/h4-10,12-15,17H,1,11H2,2-3H3. The molecule has 0 heterocycles. The van der Waals surface area contributed by atoms with Gasteiger partial charge in [0.05, 0.1) is 0 Å². The summed E-state index contributed by atoms with van der Waals surface area (Å²) in [5.41, 5.74) is 5.77. The van der Waals surface area contributed by atoms with E-state index in [2.05, 4.69) is 84.9 Å². The Kier molecular flexibility index (Phi) is 3.46. The quantitative estimate of drug-likeness (QED) is 0.514. The van der Waals surface area contributed by atoms with Crippen molar-refractivity contribution >= 4 is 17.7 Å². The van der Waals surface area contributed by atoms with Gasteiger partial charge in [0.2, 0.25) is 0 Å². The zero-order valence-electron chi connectivity index (χ0n) is 13.8. The second-order valence-corrected chi connectivity index (χ2v) is 16.3. The Balaban J connectivity index is 1.95. The molecule has 0 bridgehead atoms. The summed E-state index contributed by atoms with van der Waals surface area (Å²) in [6, 6.07) is 15.8. The Bertz CT molecular complexity index is 852. The minimum absolute atomic E-state index is 0.345. The Morgan fingerprint density at radius 2 is 1.83 bits per heavy atom. The first-order valence-electron chi connectivity index (χ1n) is 8.36. The van der Waals surface area contributed by atoms with Crippen LogP contribution in [0.2, 0.25) is 11.5 Å². The summed E-state index contributed by atoms with van der Waals surface area (Å²) in [6.07, 6.45) is 10.2. The first-order chi connectivity index (χ1) is 11.1. The van der Waals surface area contributed by atoms with E-state index in [0.717, 1.165) is 6.42 Å². The Hall–Kier alpha value is -1.80. The third-order valence-corrected chi connectivity index (χ3v) is 13.4. The van der Waals surface area contributed by atoms with Crippen molar-refractivity contribution in [2.24, 2.45) is 0 Å². The van der Waals surface area contributed by atoms with Crippen LogP contribution in [0.1, 0.15) is 23.5 Å². The molecule has 114 valence electrons. The van der Waals surface area contributed by atoms with Gasteiger partial charge in [-0.05, 0) is 0 Å². The molecule has 0 nitrogen and oxygen atoms in total. The van der Waals surface area contributed by atoms with Gasteiger partial charge < -0.3 is 0 Å². The molecule has 0 amide bonds. The monoisotopic (exact) mass is 360 g/mol. The number of hydrogen-bond donors (Lipinski definition) is 0. The zero-order valence-corrected chi connectivity index (χ0v) is 15.9. The Morgan fingerprint density at radius 3 is 2.57 bits per heavy atom. The molecule has 2 aliphatic rings. The summed E-state index contributed by atoms with van der Waals surface area (Å²) in [4.78, 5) is 0. The van der Waals surface area contributed by atoms with Crippen molar-refractivity contribution in [3.05, 3.63) is 88.9 Å². The second kappa shape index (κ2) is 5.38. The zero-order chi connectivity index (χ0) is 16.0. The molecule has 1 heteroatoms. The Labute approximate surface area is 141 Å². The maximum absolute atomic E-state index is 4.16. The summed E-state index contributed by atoms with van der Waals surface area (Å²) in [5.74, 6) is 5.42. The van der Waals surface area contributed by atoms with Crippen LogP contribution in [0.15, 0.2) is 77.8 Å². The molecular weight excluding hydrogens is 337 g/mol. The van der Waals surface area contributed by atoms with E-state index in [9.17, 15) is 0 Å². The van der Waals surface area contributed by atoms with Crippen molar-refractivity contribution in [1.29, 1.82) is 0 Å². The molecular formula is C22H22Ge. The summed E-state index contributed by atoms with van der Waals surface area (Å²) >= 11 is -2.24. The van der Waals surface area contributed by atoms with E-state index in [1.165, 1.54) is 22.3 Å². The van der Waals surface area contributed by atoms with Crippen molar-refractivity contribution in [2.75, 3.05) is 0 Å². The van der Waals surface area contributed by atoms with Gasteiger partial charge in [0.15, 0.2) is 0 Å². The molecule has 4 rings (SSSR count). The minimum atomic E-state index is -2.24. The SMILES string of the molecule is C=CC1c2ccccc2-c2ccc[c]([Ge]([CH3])([CH3])[C]3=CC=CC3)c21. The predicted octanol–water partition coefficient (Wildman–Crippen LogP) is 5.33. The van der Waals surface area contributed by atoms with Crippen LogP contribution in [0.4, 0.5) is 0 Å². The van der Waals surface area contributed by atoms with Crippen molar-refractivity contribution in [2.45, 2.75) is 23.9 Å². The molecule has 0 aliphatic heterocycles. The van der Waals surface area contributed by atoms with Gasteiger partial charge in [0.1, 0.15) is 0 Å². The molecule has 0 N–H and O–H groups in total. The van der Waals surface area contributed by atoms with Crippen LogP contribution in [-0.2, 0) is 0 Å². The average Bonchev–Trinajstić information content (AvgIpc) is 3.21. The fourth-order valence-corrected chi connectivity index (χ4v) is 10.4. The van der Waals surface area contributed by atoms with E-state index < -0.39 is 13.3 Å². The molecule has 2 aromatic carbocycles. The van der Waals surface area contributed by atoms with Gasteiger partial charge in [0.25, 0.3) is 0 Å². The summed E-state index contributed by atoms with van der Waals surface area (Å²) < 4.78 is 3.30. The molecule has 1 unspecified atom stereocenters. The first-order valence-corrected chi connectivity index (χ1v) is 14.7. The van der Waals surface area contributed by atoms with Gasteiger partial charge in [-0.2, -0.15) is 0 Å². The number of fused-ring (bicyclic) bond motifs is 3. The fourth-order valence-electron chi connectivity index (χ4n) is 4.18. The molecule has 0 radical (unpaired) electrons. The van der Waals surface area contributed by atoms with Crippen LogP contribution in [0.3, 0.4) is 0 Å². The van der Waals surface area contributed by atoms with Crippen molar-refractivity contribution in [1.82, 2.24) is 0 Å². The molecule has 0 aromatic heterocycles. The predicted molar refractivity (Wildman–Crippen MR) is 103 cm³/mol. The number of benzene rings is 2. The second-order valence-electron chi connectivity index (χ2n) is 7.02. The van der Waals surface area contributed by atoms with E-state index in [4.69, 9.17) is 0 Å². The van der Waals surface area contributed by atoms with Gasteiger partial charge >= 0.3 is 142 Å². The van der Waals surface area contributed by atoms with Crippen molar-refractivity contribution in [3.63, 3.8) is 0 Å².